The molecule has 84 valence electrons. The molecule has 0 aromatic rings. The van der Waals surface area contributed by atoms with Gasteiger partial charge in [0, 0.05) is 0 Å². The van der Waals surface area contributed by atoms with E-state index in [9.17, 15) is 0 Å². The van der Waals surface area contributed by atoms with E-state index >= 15 is 0 Å². The molecule has 0 aliphatic heterocycles. The average Bonchev–Trinajstić information content (AvgIpc) is 2.31. The Hall–Kier alpha value is -0.510. The summed E-state index contributed by atoms with van der Waals surface area (Å²) in [4.78, 5) is 0. The van der Waals surface area contributed by atoms with Gasteiger partial charge in [0.2, 0.25) is 0 Å². The van der Waals surface area contributed by atoms with Crippen LogP contribution in [0.15, 0.2) is 0 Å². The molecule has 1 nitrogen and oxygen atoms in total. The van der Waals surface area contributed by atoms with Gasteiger partial charge in [-0.1, -0.05) is 32.1 Å². The predicted octanol–water partition coefficient (Wildman–Crippen LogP) is 4.29. The fraction of sp³-hybridized carbons (Fsp3) is 0.929. The van der Waals surface area contributed by atoms with Gasteiger partial charge in [-0.2, -0.15) is 5.26 Å². The monoisotopic (exact) mass is 205 g/mol. The molecule has 0 aromatic heterocycles. The molecule has 2 fully saturated rings. The Morgan fingerprint density at radius 1 is 0.933 bits per heavy atom. The molecule has 15 heavy (non-hydrogen) atoms. The van der Waals surface area contributed by atoms with Gasteiger partial charge in [-0.05, 0) is 44.4 Å². The van der Waals surface area contributed by atoms with Crippen LogP contribution in [0, 0.1) is 28.6 Å². The van der Waals surface area contributed by atoms with Crippen molar-refractivity contribution in [3.8, 4) is 6.07 Å². The molecule has 2 rings (SSSR count). The van der Waals surface area contributed by atoms with E-state index in [0.29, 0.717) is 0 Å². The summed E-state index contributed by atoms with van der Waals surface area (Å²) in [6, 6.07) is 2.50. The third kappa shape index (κ3) is 2.54. The third-order valence-electron chi connectivity index (χ3n) is 4.72. The van der Waals surface area contributed by atoms with Gasteiger partial charge in [0.25, 0.3) is 0 Å². The average molecular weight is 205 g/mol. The lowest BCUT2D eigenvalue weighted by atomic mass is 9.66. The van der Waals surface area contributed by atoms with Crippen LogP contribution in [0.1, 0.15) is 64.7 Å². The molecular weight excluding hydrogens is 182 g/mol. The molecule has 0 bridgehead atoms. The molecule has 0 unspecified atom stereocenters. The predicted molar refractivity (Wildman–Crippen MR) is 62.3 cm³/mol. The lowest BCUT2D eigenvalue weighted by molar-refractivity contribution is 0.146. The highest BCUT2D eigenvalue weighted by Crippen LogP contribution is 2.44. The molecule has 0 saturated heterocycles. The normalized spacial score (nSPS) is 38.5. The van der Waals surface area contributed by atoms with Crippen LogP contribution >= 0.6 is 0 Å². The highest BCUT2D eigenvalue weighted by atomic mass is 14.4. The van der Waals surface area contributed by atoms with Crippen LogP contribution in [-0.4, -0.2) is 0 Å². The SMILES string of the molecule is C[C@]1(C#N)CC[C@@H](C2CCCCC2)CC1. The zero-order chi connectivity index (χ0) is 10.7. The van der Waals surface area contributed by atoms with E-state index in [1.165, 1.54) is 44.9 Å². The Balaban J connectivity index is 1.85. The quantitative estimate of drug-likeness (QED) is 0.626. The first-order valence-corrected chi connectivity index (χ1v) is 6.65. The van der Waals surface area contributed by atoms with Gasteiger partial charge in [-0.3, -0.25) is 0 Å². The zero-order valence-corrected chi connectivity index (χ0v) is 9.97. The van der Waals surface area contributed by atoms with Crippen molar-refractivity contribution in [2.75, 3.05) is 0 Å². The Kier molecular flexibility index (Phi) is 3.34. The maximum atomic E-state index is 9.10. The van der Waals surface area contributed by atoms with Gasteiger partial charge in [0.05, 0.1) is 11.5 Å². The van der Waals surface area contributed by atoms with Crippen molar-refractivity contribution >= 4 is 0 Å². The molecule has 0 spiro atoms. The molecule has 2 aliphatic carbocycles. The standard InChI is InChI=1S/C14H23N/c1-14(11-15)9-7-13(8-10-14)12-5-3-2-4-6-12/h12-13H,2-10H2,1H3/t13-,14+. The van der Waals surface area contributed by atoms with Crippen LogP contribution in [0.5, 0.6) is 0 Å². The van der Waals surface area contributed by atoms with Crippen LogP contribution in [0.2, 0.25) is 0 Å². The Bertz CT molecular complexity index is 237. The topological polar surface area (TPSA) is 23.8 Å². The van der Waals surface area contributed by atoms with Gasteiger partial charge >= 0.3 is 0 Å². The fourth-order valence-electron chi connectivity index (χ4n) is 3.47. The van der Waals surface area contributed by atoms with Crippen molar-refractivity contribution in [3.05, 3.63) is 0 Å². The van der Waals surface area contributed by atoms with Gasteiger partial charge in [0.1, 0.15) is 0 Å². The lowest BCUT2D eigenvalue weighted by Crippen LogP contribution is -2.28. The molecule has 0 aromatic carbocycles. The minimum atomic E-state index is 0.00513. The molecule has 1 heteroatoms. The first-order valence-electron chi connectivity index (χ1n) is 6.65. The van der Waals surface area contributed by atoms with Gasteiger partial charge in [-0.25, -0.2) is 0 Å². The van der Waals surface area contributed by atoms with Crippen molar-refractivity contribution in [1.29, 1.82) is 5.26 Å². The molecule has 2 aliphatic rings. The minimum absolute atomic E-state index is 0.00513. The highest BCUT2D eigenvalue weighted by Gasteiger charge is 2.34. The summed E-state index contributed by atoms with van der Waals surface area (Å²) in [5.74, 6) is 1.95. The van der Waals surface area contributed by atoms with Gasteiger partial charge in [0.15, 0.2) is 0 Å². The largest absolute Gasteiger partial charge is 0.198 e. The summed E-state index contributed by atoms with van der Waals surface area (Å²) < 4.78 is 0. The molecule has 0 amide bonds. The smallest absolute Gasteiger partial charge is 0.0686 e. The lowest BCUT2D eigenvalue weighted by Gasteiger charge is -2.37. The maximum absolute atomic E-state index is 9.10. The van der Waals surface area contributed by atoms with E-state index in [1.807, 2.05) is 0 Å². The van der Waals surface area contributed by atoms with E-state index in [-0.39, 0.29) is 5.41 Å². The first-order chi connectivity index (χ1) is 7.23. The summed E-state index contributed by atoms with van der Waals surface area (Å²) in [5.41, 5.74) is 0.00513. The van der Waals surface area contributed by atoms with E-state index in [4.69, 9.17) is 5.26 Å². The molecular formula is C14H23N. The van der Waals surface area contributed by atoms with Crippen molar-refractivity contribution in [2.45, 2.75) is 64.7 Å². The summed E-state index contributed by atoms with van der Waals surface area (Å²) in [7, 11) is 0. The Morgan fingerprint density at radius 3 is 2.00 bits per heavy atom. The Labute approximate surface area is 93.9 Å². The summed E-state index contributed by atoms with van der Waals surface area (Å²) >= 11 is 0. The first kappa shape index (κ1) is 11.0. The molecule has 2 saturated carbocycles. The van der Waals surface area contributed by atoms with E-state index in [0.717, 1.165) is 24.7 Å². The second-order valence-corrected chi connectivity index (χ2v) is 5.91. The summed E-state index contributed by atoms with van der Waals surface area (Å²) in [5, 5.41) is 9.10. The minimum Gasteiger partial charge on any atom is -0.198 e. The number of hydrogen-bond acceptors (Lipinski definition) is 1. The number of hydrogen-bond donors (Lipinski definition) is 0. The van der Waals surface area contributed by atoms with E-state index in [1.54, 1.807) is 0 Å². The van der Waals surface area contributed by atoms with Crippen molar-refractivity contribution < 1.29 is 0 Å². The Morgan fingerprint density at radius 2 is 1.47 bits per heavy atom. The van der Waals surface area contributed by atoms with Crippen LogP contribution in [0.3, 0.4) is 0 Å². The van der Waals surface area contributed by atoms with Crippen LogP contribution in [-0.2, 0) is 0 Å². The molecule has 0 N–H and O–H groups in total. The second kappa shape index (κ2) is 4.56. The van der Waals surface area contributed by atoms with Crippen LogP contribution < -0.4 is 0 Å². The van der Waals surface area contributed by atoms with Crippen LogP contribution in [0.4, 0.5) is 0 Å². The molecule has 0 radical (unpaired) electrons. The molecule has 0 atom stereocenters. The molecule has 0 heterocycles. The summed E-state index contributed by atoms with van der Waals surface area (Å²) in [6.45, 7) is 2.14. The second-order valence-electron chi connectivity index (χ2n) is 5.91. The van der Waals surface area contributed by atoms with E-state index in [2.05, 4.69) is 13.0 Å². The van der Waals surface area contributed by atoms with Gasteiger partial charge < -0.3 is 0 Å². The zero-order valence-electron chi connectivity index (χ0n) is 9.97. The van der Waals surface area contributed by atoms with Crippen LogP contribution in [0.25, 0.3) is 0 Å². The number of rotatable bonds is 1. The van der Waals surface area contributed by atoms with Gasteiger partial charge in [-0.15, -0.1) is 0 Å². The van der Waals surface area contributed by atoms with Crippen molar-refractivity contribution in [2.24, 2.45) is 17.3 Å². The van der Waals surface area contributed by atoms with E-state index < -0.39 is 0 Å². The maximum Gasteiger partial charge on any atom is 0.0686 e. The summed E-state index contributed by atoms with van der Waals surface area (Å²) in [6.07, 6.45) is 12.2. The third-order valence-corrected chi connectivity index (χ3v) is 4.72. The number of nitrogens with zero attached hydrogens (tertiary/aromatic N) is 1. The van der Waals surface area contributed by atoms with Crippen molar-refractivity contribution in [1.82, 2.24) is 0 Å². The highest BCUT2D eigenvalue weighted by molar-refractivity contribution is 4.99. The van der Waals surface area contributed by atoms with Crippen molar-refractivity contribution in [3.63, 3.8) is 0 Å². The number of nitriles is 1. The fourth-order valence-corrected chi connectivity index (χ4v) is 3.47.